The van der Waals surface area contributed by atoms with Crippen LogP contribution < -0.4 is 9.64 Å². The SMILES string of the molecule is COC(=O)c1cc2c(OC3CCCCC3)cc(N(C)C)cc2[nH]1. The number of ether oxygens (including phenoxy) is 2. The highest BCUT2D eigenvalue weighted by Gasteiger charge is 2.19. The minimum Gasteiger partial charge on any atom is -0.490 e. The molecule has 0 aliphatic heterocycles. The van der Waals surface area contributed by atoms with Gasteiger partial charge in [0.1, 0.15) is 11.4 Å². The van der Waals surface area contributed by atoms with Crippen molar-refractivity contribution in [1.82, 2.24) is 4.98 Å². The summed E-state index contributed by atoms with van der Waals surface area (Å²) in [6.07, 6.45) is 6.21. The van der Waals surface area contributed by atoms with Crippen LogP contribution >= 0.6 is 0 Å². The maximum atomic E-state index is 11.8. The molecule has 1 saturated carbocycles. The third kappa shape index (κ3) is 3.28. The van der Waals surface area contributed by atoms with E-state index in [0.29, 0.717) is 5.69 Å². The Morgan fingerprint density at radius 3 is 2.57 bits per heavy atom. The van der Waals surface area contributed by atoms with Crippen molar-refractivity contribution in [3.8, 4) is 5.75 Å². The first-order valence-corrected chi connectivity index (χ1v) is 8.17. The number of rotatable bonds is 4. The minimum atomic E-state index is -0.365. The van der Waals surface area contributed by atoms with E-state index in [0.717, 1.165) is 35.2 Å². The molecule has 1 fully saturated rings. The van der Waals surface area contributed by atoms with Crippen LogP contribution in [0.2, 0.25) is 0 Å². The van der Waals surface area contributed by atoms with Crippen LogP contribution in [-0.2, 0) is 4.74 Å². The average molecular weight is 316 g/mol. The monoisotopic (exact) mass is 316 g/mol. The van der Waals surface area contributed by atoms with Gasteiger partial charge in [-0.1, -0.05) is 6.42 Å². The molecule has 5 heteroatoms. The fraction of sp³-hybridized carbons (Fsp3) is 0.500. The van der Waals surface area contributed by atoms with Crippen molar-refractivity contribution in [3.63, 3.8) is 0 Å². The van der Waals surface area contributed by atoms with Crippen LogP contribution in [0, 0.1) is 0 Å². The number of fused-ring (bicyclic) bond motifs is 1. The Bertz CT molecular complexity index is 700. The van der Waals surface area contributed by atoms with Gasteiger partial charge in [0, 0.05) is 31.2 Å². The molecular formula is C18H24N2O3. The van der Waals surface area contributed by atoms with E-state index in [-0.39, 0.29) is 12.1 Å². The van der Waals surface area contributed by atoms with Gasteiger partial charge in [0.15, 0.2) is 0 Å². The summed E-state index contributed by atoms with van der Waals surface area (Å²) in [6.45, 7) is 0. The van der Waals surface area contributed by atoms with Crippen LogP contribution in [0.4, 0.5) is 5.69 Å². The van der Waals surface area contributed by atoms with E-state index < -0.39 is 0 Å². The summed E-state index contributed by atoms with van der Waals surface area (Å²) in [7, 11) is 5.38. The highest BCUT2D eigenvalue weighted by molar-refractivity contribution is 5.98. The van der Waals surface area contributed by atoms with Crippen molar-refractivity contribution >= 4 is 22.6 Å². The van der Waals surface area contributed by atoms with Crippen LogP contribution in [0.1, 0.15) is 42.6 Å². The fourth-order valence-electron chi connectivity index (χ4n) is 3.13. The predicted octanol–water partition coefficient (Wildman–Crippen LogP) is 3.73. The van der Waals surface area contributed by atoms with Crippen molar-refractivity contribution in [1.29, 1.82) is 0 Å². The van der Waals surface area contributed by atoms with Crippen LogP contribution in [0.15, 0.2) is 18.2 Å². The molecule has 0 radical (unpaired) electrons. The van der Waals surface area contributed by atoms with Crippen molar-refractivity contribution in [2.75, 3.05) is 26.1 Å². The molecule has 3 rings (SSSR count). The molecule has 1 heterocycles. The number of hydrogen-bond donors (Lipinski definition) is 1. The molecule has 0 unspecified atom stereocenters. The van der Waals surface area contributed by atoms with Crippen LogP contribution in [0.3, 0.4) is 0 Å². The Hall–Kier alpha value is -2.17. The number of hydrogen-bond acceptors (Lipinski definition) is 4. The summed E-state index contributed by atoms with van der Waals surface area (Å²) in [5.74, 6) is 0.473. The minimum absolute atomic E-state index is 0.265. The molecule has 0 bridgehead atoms. The van der Waals surface area contributed by atoms with Gasteiger partial charge in [-0.05, 0) is 37.8 Å². The van der Waals surface area contributed by atoms with Gasteiger partial charge in [0.05, 0.1) is 18.7 Å². The summed E-state index contributed by atoms with van der Waals surface area (Å²) in [6, 6.07) is 5.89. The van der Waals surface area contributed by atoms with E-state index in [1.807, 2.05) is 37.2 Å². The molecule has 124 valence electrons. The maximum Gasteiger partial charge on any atom is 0.354 e. The Balaban J connectivity index is 2.01. The maximum absolute atomic E-state index is 11.8. The van der Waals surface area contributed by atoms with Crippen molar-refractivity contribution in [2.45, 2.75) is 38.2 Å². The lowest BCUT2D eigenvalue weighted by Crippen LogP contribution is -2.20. The second-order valence-electron chi connectivity index (χ2n) is 6.35. The molecule has 1 N–H and O–H groups in total. The fourth-order valence-corrected chi connectivity index (χ4v) is 3.13. The number of H-pyrrole nitrogens is 1. The summed E-state index contributed by atoms with van der Waals surface area (Å²) in [4.78, 5) is 17.0. The summed E-state index contributed by atoms with van der Waals surface area (Å²) in [5, 5.41) is 0.932. The van der Waals surface area contributed by atoms with E-state index in [1.54, 1.807) is 0 Å². The molecule has 0 atom stereocenters. The summed E-state index contributed by atoms with van der Waals surface area (Å²) < 4.78 is 11.1. The quantitative estimate of drug-likeness (QED) is 0.873. The van der Waals surface area contributed by atoms with Gasteiger partial charge >= 0.3 is 5.97 Å². The number of aromatic nitrogens is 1. The molecule has 2 aromatic rings. The van der Waals surface area contributed by atoms with Gasteiger partial charge in [-0.3, -0.25) is 0 Å². The van der Waals surface area contributed by atoms with Gasteiger partial charge in [-0.25, -0.2) is 4.79 Å². The Morgan fingerprint density at radius 2 is 1.91 bits per heavy atom. The van der Waals surface area contributed by atoms with Gasteiger partial charge in [0.2, 0.25) is 0 Å². The summed E-state index contributed by atoms with van der Waals surface area (Å²) in [5.41, 5.74) is 2.39. The molecular weight excluding hydrogens is 292 g/mol. The molecule has 1 aliphatic rings. The number of nitrogens with one attached hydrogen (secondary N) is 1. The largest absolute Gasteiger partial charge is 0.490 e. The van der Waals surface area contributed by atoms with E-state index in [1.165, 1.54) is 26.4 Å². The zero-order valence-corrected chi connectivity index (χ0v) is 14.0. The Morgan fingerprint density at radius 1 is 1.17 bits per heavy atom. The number of carbonyl (C=O) groups is 1. The molecule has 23 heavy (non-hydrogen) atoms. The van der Waals surface area contributed by atoms with Gasteiger partial charge in [-0.2, -0.15) is 0 Å². The lowest BCUT2D eigenvalue weighted by molar-refractivity contribution is 0.0595. The van der Waals surface area contributed by atoms with E-state index in [4.69, 9.17) is 9.47 Å². The predicted molar refractivity (Wildman–Crippen MR) is 91.5 cm³/mol. The van der Waals surface area contributed by atoms with Gasteiger partial charge in [-0.15, -0.1) is 0 Å². The smallest absolute Gasteiger partial charge is 0.354 e. The molecule has 1 aromatic carbocycles. The number of nitrogens with zero attached hydrogens (tertiary/aromatic N) is 1. The Labute approximate surface area is 136 Å². The van der Waals surface area contributed by atoms with Gasteiger partial charge < -0.3 is 19.4 Å². The third-order valence-corrected chi connectivity index (χ3v) is 4.45. The molecule has 5 nitrogen and oxygen atoms in total. The highest BCUT2D eigenvalue weighted by atomic mass is 16.5. The average Bonchev–Trinajstić information content (AvgIpc) is 2.99. The highest BCUT2D eigenvalue weighted by Crippen LogP contribution is 2.34. The molecule has 1 aromatic heterocycles. The normalized spacial score (nSPS) is 15.6. The standard InChI is InChI=1S/C18H24N2O3/c1-20(2)12-9-15-14(11-16(19-15)18(21)22-3)17(10-12)23-13-7-5-4-6-8-13/h9-11,13,19H,4-8H2,1-3H3. The lowest BCUT2D eigenvalue weighted by Gasteiger charge is -2.24. The molecule has 0 amide bonds. The first-order chi connectivity index (χ1) is 11.1. The number of carbonyl (C=O) groups excluding carboxylic acids is 1. The number of aromatic amines is 1. The van der Waals surface area contributed by atoms with Crippen LogP contribution in [-0.4, -0.2) is 38.3 Å². The zero-order valence-electron chi connectivity index (χ0n) is 14.0. The lowest BCUT2D eigenvalue weighted by atomic mass is 9.98. The number of anilines is 1. The molecule has 0 saturated heterocycles. The second-order valence-corrected chi connectivity index (χ2v) is 6.35. The van der Waals surface area contributed by atoms with Crippen LogP contribution in [0.5, 0.6) is 5.75 Å². The van der Waals surface area contributed by atoms with Crippen molar-refractivity contribution in [3.05, 3.63) is 23.9 Å². The second kappa shape index (κ2) is 6.52. The third-order valence-electron chi connectivity index (χ3n) is 4.45. The van der Waals surface area contributed by atoms with E-state index in [2.05, 4.69) is 4.98 Å². The molecule has 1 aliphatic carbocycles. The zero-order chi connectivity index (χ0) is 16.4. The van der Waals surface area contributed by atoms with E-state index in [9.17, 15) is 4.79 Å². The van der Waals surface area contributed by atoms with Crippen molar-refractivity contribution < 1.29 is 14.3 Å². The number of benzene rings is 1. The summed E-state index contributed by atoms with van der Waals surface area (Å²) >= 11 is 0. The Kier molecular flexibility index (Phi) is 4.46. The molecule has 0 spiro atoms. The first kappa shape index (κ1) is 15.7. The van der Waals surface area contributed by atoms with Crippen molar-refractivity contribution in [2.24, 2.45) is 0 Å². The van der Waals surface area contributed by atoms with Gasteiger partial charge in [0.25, 0.3) is 0 Å². The first-order valence-electron chi connectivity index (χ1n) is 8.17. The topological polar surface area (TPSA) is 54.6 Å². The van der Waals surface area contributed by atoms with E-state index >= 15 is 0 Å². The number of esters is 1. The number of methoxy groups -OCH3 is 1. The van der Waals surface area contributed by atoms with Crippen LogP contribution in [0.25, 0.3) is 10.9 Å².